The van der Waals surface area contributed by atoms with Crippen molar-refractivity contribution in [1.82, 2.24) is 5.09 Å². The quantitative estimate of drug-likeness (QED) is 0.404. The van der Waals surface area contributed by atoms with E-state index in [-0.39, 0.29) is 24.7 Å². The average Bonchev–Trinajstić information content (AvgIpc) is 2.65. The second-order valence-electron chi connectivity index (χ2n) is 7.05. The highest BCUT2D eigenvalue weighted by molar-refractivity contribution is 7.51. The van der Waals surface area contributed by atoms with Crippen molar-refractivity contribution < 1.29 is 18.4 Å². The van der Waals surface area contributed by atoms with Crippen molar-refractivity contribution in [3.05, 3.63) is 65.7 Å². The first-order valence-corrected chi connectivity index (χ1v) is 11.1. The second kappa shape index (κ2) is 11.1. The molecule has 1 amide bonds. The molecule has 0 aliphatic heterocycles. The lowest BCUT2D eigenvalue weighted by atomic mass is 10.1. The van der Waals surface area contributed by atoms with E-state index in [0.29, 0.717) is 5.69 Å². The number of benzene rings is 2. The van der Waals surface area contributed by atoms with Gasteiger partial charge in [-0.25, -0.2) is 9.65 Å². The molecule has 2 aromatic rings. The molecule has 29 heavy (non-hydrogen) atoms. The molecular formula is C22H29N2O4P. The van der Waals surface area contributed by atoms with Gasteiger partial charge in [0.25, 0.3) is 0 Å². The molecule has 2 aromatic carbocycles. The van der Waals surface area contributed by atoms with E-state index in [0.717, 1.165) is 11.1 Å². The van der Waals surface area contributed by atoms with Crippen LogP contribution in [0.3, 0.4) is 0 Å². The normalized spacial score (nSPS) is 12.1. The molecule has 0 saturated heterocycles. The number of anilines is 1. The zero-order chi connectivity index (χ0) is 21.3. The van der Waals surface area contributed by atoms with E-state index in [2.05, 4.69) is 10.4 Å². The van der Waals surface area contributed by atoms with Crippen molar-refractivity contribution in [2.75, 3.05) is 11.9 Å². The van der Waals surface area contributed by atoms with Crippen LogP contribution in [0.15, 0.2) is 54.6 Å². The molecule has 7 heteroatoms. The molecule has 0 spiro atoms. The van der Waals surface area contributed by atoms with Crippen LogP contribution in [-0.4, -0.2) is 24.7 Å². The smallest absolute Gasteiger partial charge is 0.325 e. The van der Waals surface area contributed by atoms with Crippen molar-refractivity contribution in [2.45, 2.75) is 39.9 Å². The Bertz CT molecular complexity index is 835. The molecule has 0 atom stereocenters. The number of hydrogen-bond acceptors (Lipinski definition) is 4. The van der Waals surface area contributed by atoms with Gasteiger partial charge in [0.2, 0.25) is 5.91 Å². The zero-order valence-corrected chi connectivity index (χ0v) is 18.2. The van der Waals surface area contributed by atoms with Crippen molar-refractivity contribution >= 4 is 31.5 Å². The standard InChI is InChI=1S/C22H29N2O4P/c1-17(2)27-29(26,28-18(3)4)23-16-22(25)24-21-14-12-20(13-15-21)11-10-19-8-6-5-7-9-19/h5-15,17-18H,16H2,1-4H3,(H,23,26)(H,24,25)/b11-10+. The number of carbonyl (C=O) groups is 1. The molecule has 0 aromatic heterocycles. The van der Waals surface area contributed by atoms with Gasteiger partial charge in [-0.05, 0) is 51.0 Å². The fourth-order valence-corrected chi connectivity index (χ4v) is 4.11. The summed E-state index contributed by atoms with van der Waals surface area (Å²) in [6.07, 6.45) is 3.43. The lowest BCUT2D eigenvalue weighted by Crippen LogP contribution is -2.29. The Balaban J connectivity index is 1.89. The van der Waals surface area contributed by atoms with Crippen LogP contribution in [-0.2, 0) is 18.4 Å². The van der Waals surface area contributed by atoms with Gasteiger partial charge in [-0.2, -0.15) is 0 Å². The summed E-state index contributed by atoms with van der Waals surface area (Å²) in [5.74, 6) is -0.336. The van der Waals surface area contributed by atoms with Gasteiger partial charge in [0.1, 0.15) is 0 Å². The van der Waals surface area contributed by atoms with E-state index in [4.69, 9.17) is 9.05 Å². The van der Waals surface area contributed by atoms with E-state index in [9.17, 15) is 9.36 Å². The van der Waals surface area contributed by atoms with Crippen LogP contribution in [0, 0.1) is 0 Å². The molecule has 0 aliphatic rings. The first-order valence-electron chi connectivity index (χ1n) is 9.61. The Labute approximate surface area is 172 Å². The molecule has 2 N–H and O–H groups in total. The van der Waals surface area contributed by atoms with Gasteiger partial charge in [-0.1, -0.05) is 54.6 Å². The van der Waals surface area contributed by atoms with E-state index >= 15 is 0 Å². The fraction of sp³-hybridized carbons (Fsp3) is 0.318. The molecular weight excluding hydrogens is 387 g/mol. The molecule has 0 radical (unpaired) electrons. The van der Waals surface area contributed by atoms with Gasteiger partial charge < -0.3 is 5.32 Å². The van der Waals surface area contributed by atoms with Crippen LogP contribution < -0.4 is 10.4 Å². The molecule has 0 fully saturated rings. The largest absolute Gasteiger partial charge is 0.406 e. The summed E-state index contributed by atoms with van der Waals surface area (Å²) in [5, 5.41) is 5.38. The van der Waals surface area contributed by atoms with Gasteiger partial charge in [-0.3, -0.25) is 13.8 Å². The summed E-state index contributed by atoms with van der Waals surface area (Å²) in [6, 6.07) is 17.5. The summed E-state index contributed by atoms with van der Waals surface area (Å²) in [5.41, 5.74) is 2.79. The van der Waals surface area contributed by atoms with Gasteiger partial charge >= 0.3 is 7.75 Å². The number of amides is 1. The van der Waals surface area contributed by atoms with E-state index in [1.807, 2.05) is 66.7 Å². The summed E-state index contributed by atoms with van der Waals surface area (Å²) < 4.78 is 23.4. The van der Waals surface area contributed by atoms with Gasteiger partial charge in [0.15, 0.2) is 0 Å². The minimum atomic E-state index is -3.56. The maximum absolute atomic E-state index is 12.7. The number of carbonyl (C=O) groups excluding carboxylic acids is 1. The van der Waals surface area contributed by atoms with E-state index in [1.54, 1.807) is 27.7 Å². The molecule has 0 heterocycles. The Kier molecular flexibility index (Phi) is 8.80. The van der Waals surface area contributed by atoms with Crippen LogP contribution in [0.25, 0.3) is 12.2 Å². The van der Waals surface area contributed by atoms with Crippen molar-refractivity contribution in [3.63, 3.8) is 0 Å². The van der Waals surface area contributed by atoms with Gasteiger partial charge in [0.05, 0.1) is 18.8 Å². The minimum absolute atomic E-state index is 0.188. The highest BCUT2D eigenvalue weighted by atomic mass is 31.2. The predicted octanol–water partition coefficient (Wildman–Crippen LogP) is 5.34. The topological polar surface area (TPSA) is 76.7 Å². The SMILES string of the molecule is CC(C)OP(=O)(NCC(=O)Nc1ccc(/C=C/c2ccccc2)cc1)OC(C)C. The molecule has 2 rings (SSSR count). The molecule has 0 bridgehead atoms. The van der Waals surface area contributed by atoms with Gasteiger partial charge in [0, 0.05) is 5.69 Å². The minimum Gasteiger partial charge on any atom is -0.325 e. The van der Waals surface area contributed by atoms with Crippen molar-refractivity contribution in [3.8, 4) is 0 Å². The van der Waals surface area contributed by atoms with E-state index in [1.165, 1.54) is 0 Å². The summed E-state index contributed by atoms with van der Waals surface area (Å²) >= 11 is 0. The highest BCUT2D eigenvalue weighted by Crippen LogP contribution is 2.45. The number of hydrogen-bond donors (Lipinski definition) is 2. The monoisotopic (exact) mass is 416 g/mol. The predicted molar refractivity (Wildman–Crippen MR) is 118 cm³/mol. The Morgan fingerprint density at radius 1 is 0.897 bits per heavy atom. The van der Waals surface area contributed by atoms with E-state index < -0.39 is 7.75 Å². The van der Waals surface area contributed by atoms with Crippen LogP contribution >= 0.6 is 7.75 Å². The van der Waals surface area contributed by atoms with Gasteiger partial charge in [-0.15, -0.1) is 0 Å². The third kappa shape index (κ3) is 8.75. The van der Waals surface area contributed by atoms with Crippen LogP contribution in [0.4, 0.5) is 5.69 Å². The Morgan fingerprint density at radius 3 is 1.93 bits per heavy atom. The van der Waals surface area contributed by atoms with Crippen LogP contribution in [0.1, 0.15) is 38.8 Å². The summed E-state index contributed by atoms with van der Waals surface area (Å²) in [6.45, 7) is 6.84. The molecule has 156 valence electrons. The molecule has 0 unspecified atom stereocenters. The third-order valence-electron chi connectivity index (χ3n) is 3.59. The Morgan fingerprint density at radius 2 is 1.41 bits per heavy atom. The summed E-state index contributed by atoms with van der Waals surface area (Å²) in [4.78, 5) is 12.2. The molecule has 6 nitrogen and oxygen atoms in total. The maximum atomic E-state index is 12.7. The fourth-order valence-electron chi connectivity index (χ4n) is 2.46. The average molecular weight is 416 g/mol. The van der Waals surface area contributed by atoms with Crippen LogP contribution in [0.5, 0.6) is 0 Å². The number of nitrogens with one attached hydrogen (secondary N) is 2. The molecule has 0 saturated carbocycles. The van der Waals surface area contributed by atoms with Crippen LogP contribution in [0.2, 0.25) is 0 Å². The first kappa shape index (κ1) is 23.0. The highest BCUT2D eigenvalue weighted by Gasteiger charge is 2.28. The Hall–Kier alpha value is -2.24. The lowest BCUT2D eigenvalue weighted by Gasteiger charge is -2.22. The first-order chi connectivity index (χ1) is 13.8. The number of rotatable bonds is 10. The van der Waals surface area contributed by atoms with Crippen molar-refractivity contribution in [1.29, 1.82) is 0 Å². The van der Waals surface area contributed by atoms with Crippen molar-refractivity contribution in [2.24, 2.45) is 0 Å². The molecule has 0 aliphatic carbocycles. The zero-order valence-electron chi connectivity index (χ0n) is 17.3. The third-order valence-corrected chi connectivity index (χ3v) is 5.54. The second-order valence-corrected chi connectivity index (χ2v) is 8.79. The maximum Gasteiger partial charge on any atom is 0.406 e. The lowest BCUT2D eigenvalue weighted by molar-refractivity contribution is -0.115. The summed E-state index contributed by atoms with van der Waals surface area (Å²) in [7, 11) is -3.56.